The molecule has 0 saturated carbocycles. The third kappa shape index (κ3) is 4.45. The Morgan fingerprint density at radius 3 is 2.94 bits per heavy atom. The van der Waals surface area contributed by atoms with Crippen LogP contribution in [0.5, 0.6) is 5.75 Å². The van der Waals surface area contributed by atoms with Crippen LogP contribution in [0.1, 0.15) is 31.4 Å². The van der Waals surface area contributed by atoms with Gasteiger partial charge in [0.15, 0.2) is 0 Å². The fourth-order valence-corrected chi connectivity index (χ4v) is 2.53. The molecule has 2 nitrogen and oxygen atoms in total. The van der Waals surface area contributed by atoms with Gasteiger partial charge in [-0.1, -0.05) is 25.5 Å². The first-order valence-corrected chi connectivity index (χ1v) is 6.90. The summed E-state index contributed by atoms with van der Waals surface area (Å²) in [6.07, 6.45) is 2.52. The molecule has 1 atom stereocenters. The topological polar surface area (TPSA) is 35.2 Å². The second-order valence-corrected chi connectivity index (χ2v) is 4.96. The van der Waals surface area contributed by atoms with E-state index in [0.29, 0.717) is 0 Å². The molecule has 0 amide bonds. The van der Waals surface area contributed by atoms with E-state index >= 15 is 0 Å². The third-order valence-corrected chi connectivity index (χ3v) is 3.63. The number of thioether (sulfide) groups is 1. The van der Waals surface area contributed by atoms with Crippen LogP contribution in [0.2, 0.25) is 0 Å². The molecule has 1 rings (SSSR count). The van der Waals surface area contributed by atoms with E-state index in [1.165, 1.54) is 18.6 Å². The zero-order valence-corrected chi connectivity index (χ0v) is 10.9. The van der Waals surface area contributed by atoms with Gasteiger partial charge in [-0.3, -0.25) is 0 Å². The first-order chi connectivity index (χ1) is 7.77. The summed E-state index contributed by atoms with van der Waals surface area (Å²) in [6.45, 7) is 2.21. The molecule has 0 aliphatic heterocycles. The maximum absolute atomic E-state index is 6.12. The number of rotatable bonds is 7. The van der Waals surface area contributed by atoms with Crippen LogP contribution < -0.4 is 10.5 Å². The van der Waals surface area contributed by atoms with Gasteiger partial charge in [-0.15, -0.1) is 0 Å². The van der Waals surface area contributed by atoms with Gasteiger partial charge in [0.25, 0.3) is 0 Å². The molecule has 90 valence electrons. The minimum Gasteiger partial charge on any atom is -0.497 e. The van der Waals surface area contributed by atoms with Gasteiger partial charge in [0.2, 0.25) is 0 Å². The molecule has 1 unspecified atom stereocenters. The summed E-state index contributed by atoms with van der Waals surface area (Å²) in [5, 5.41) is 0. The number of hydrogen-bond acceptors (Lipinski definition) is 3. The Kier molecular flexibility index (Phi) is 6.34. The van der Waals surface area contributed by atoms with Crippen LogP contribution in [0.4, 0.5) is 0 Å². The van der Waals surface area contributed by atoms with Crippen LogP contribution >= 0.6 is 11.8 Å². The number of unbranched alkanes of at least 4 members (excludes halogenated alkanes) is 1. The van der Waals surface area contributed by atoms with Crippen molar-refractivity contribution in [3.8, 4) is 5.75 Å². The van der Waals surface area contributed by atoms with Gasteiger partial charge >= 0.3 is 0 Å². The lowest BCUT2D eigenvalue weighted by Gasteiger charge is -2.12. The van der Waals surface area contributed by atoms with Crippen LogP contribution in [0.15, 0.2) is 24.3 Å². The highest BCUT2D eigenvalue weighted by atomic mass is 32.2. The first kappa shape index (κ1) is 13.4. The van der Waals surface area contributed by atoms with Crippen molar-refractivity contribution in [3.63, 3.8) is 0 Å². The SMILES string of the molecule is CCCCSCC(N)c1cccc(OC)c1. The maximum atomic E-state index is 6.12. The third-order valence-electron chi connectivity index (χ3n) is 2.46. The zero-order valence-electron chi connectivity index (χ0n) is 10.1. The number of nitrogens with two attached hydrogens (primary N) is 1. The standard InChI is InChI=1S/C13H21NOS/c1-3-4-8-16-10-13(14)11-6-5-7-12(9-11)15-2/h5-7,9,13H,3-4,8,10,14H2,1-2H3. The van der Waals surface area contributed by atoms with Crippen LogP contribution in [-0.4, -0.2) is 18.6 Å². The highest BCUT2D eigenvalue weighted by molar-refractivity contribution is 7.99. The van der Waals surface area contributed by atoms with Gasteiger partial charge < -0.3 is 10.5 Å². The Morgan fingerprint density at radius 2 is 2.25 bits per heavy atom. The van der Waals surface area contributed by atoms with Crippen LogP contribution in [0.25, 0.3) is 0 Å². The fourth-order valence-electron chi connectivity index (χ4n) is 1.43. The summed E-state index contributed by atoms with van der Waals surface area (Å²) < 4.78 is 5.19. The summed E-state index contributed by atoms with van der Waals surface area (Å²) in [7, 11) is 1.68. The van der Waals surface area contributed by atoms with Crippen LogP contribution in [-0.2, 0) is 0 Å². The van der Waals surface area contributed by atoms with Crippen molar-refractivity contribution in [2.24, 2.45) is 5.73 Å². The monoisotopic (exact) mass is 239 g/mol. The molecular weight excluding hydrogens is 218 g/mol. The molecular formula is C13H21NOS. The van der Waals surface area contributed by atoms with E-state index in [1.54, 1.807) is 7.11 Å². The number of hydrogen-bond donors (Lipinski definition) is 1. The second kappa shape index (κ2) is 7.58. The van der Waals surface area contributed by atoms with Crippen molar-refractivity contribution < 1.29 is 4.74 Å². The molecule has 0 spiro atoms. The van der Waals surface area contributed by atoms with Gasteiger partial charge in [-0.2, -0.15) is 11.8 Å². The molecule has 3 heteroatoms. The molecule has 1 aromatic rings. The smallest absolute Gasteiger partial charge is 0.119 e. The molecule has 0 heterocycles. The molecule has 0 bridgehead atoms. The Hall–Kier alpha value is -0.670. The summed E-state index contributed by atoms with van der Waals surface area (Å²) >= 11 is 1.93. The molecule has 1 aromatic carbocycles. The van der Waals surface area contributed by atoms with E-state index in [0.717, 1.165) is 17.1 Å². The Balaban J connectivity index is 2.42. The van der Waals surface area contributed by atoms with Crippen molar-refractivity contribution >= 4 is 11.8 Å². The predicted molar refractivity (Wildman–Crippen MR) is 72.2 cm³/mol. The fraction of sp³-hybridized carbons (Fsp3) is 0.538. The Labute approximate surface area is 103 Å². The normalized spacial score (nSPS) is 12.4. The van der Waals surface area contributed by atoms with Gasteiger partial charge in [0.05, 0.1) is 7.11 Å². The second-order valence-electron chi connectivity index (χ2n) is 3.81. The quantitative estimate of drug-likeness (QED) is 0.742. The van der Waals surface area contributed by atoms with Gasteiger partial charge in [-0.05, 0) is 29.9 Å². The summed E-state index contributed by atoms with van der Waals surface area (Å²) in [6, 6.07) is 8.13. The summed E-state index contributed by atoms with van der Waals surface area (Å²) in [5.41, 5.74) is 7.28. The van der Waals surface area contributed by atoms with Crippen LogP contribution in [0.3, 0.4) is 0 Å². The zero-order chi connectivity index (χ0) is 11.8. The van der Waals surface area contributed by atoms with Gasteiger partial charge in [-0.25, -0.2) is 0 Å². The summed E-state index contributed by atoms with van der Waals surface area (Å²) in [4.78, 5) is 0. The molecule has 16 heavy (non-hydrogen) atoms. The van der Waals surface area contributed by atoms with Gasteiger partial charge in [0.1, 0.15) is 5.75 Å². The van der Waals surface area contributed by atoms with Crippen LogP contribution in [0, 0.1) is 0 Å². The van der Waals surface area contributed by atoms with E-state index in [9.17, 15) is 0 Å². The molecule has 2 N–H and O–H groups in total. The Morgan fingerprint density at radius 1 is 1.44 bits per heavy atom. The van der Waals surface area contributed by atoms with Gasteiger partial charge in [0, 0.05) is 11.8 Å². The van der Waals surface area contributed by atoms with Crippen molar-refractivity contribution in [2.75, 3.05) is 18.6 Å². The van der Waals surface area contributed by atoms with E-state index in [4.69, 9.17) is 10.5 Å². The van der Waals surface area contributed by atoms with E-state index < -0.39 is 0 Å². The minimum absolute atomic E-state index is 0.108. The predicted octanol–water partition coefficient (Wildman–Crippen LogP) is 3.23. The Bertz CT molecular complexity index is 304. The number of benzene rings is 1. The van der Waals surface area contributed by atoms with Crippen molar-refractivity contribution in [1.29, 1.82) is 0 Å². The molecule has 0 aliphatic rings. The average molecular weight is 239 g/mol. The van der Waals surface area contributed by atoms with E-state index in [-0.39, 0.29) is 6.04 Å². The van der Waals surface area contributed by atoms with Crippen molar-refractivity contribution in [2.45, 2.75) is 25.8 Å². The number of ether oxygens (including phenoxy) is 1. The lowest BCUT2D eigenvalue weighted by atomic mass is 10.1. The average Bonchev–Trinajstić information content (AvgIpc) is 2.34. The molecule has 0 aromatic heterocycles. The summed E-state index contributed by atoms with van der Waals surface area (Å²) in [5.74, 6) is 3.06. The molecule has 0 radical (unpaired) electrons. The molecule has 0 fully saturated rings. The highest BCUT2D eigenvalue weighted by Crippen LogP contribution is 2.20. The van der Waals surface area contributed by atoms with Crippen molar-refractivity contribution in [3.05, 3.63) is 29.8 Å². The van der Waals surface area contributed by atoms with E-state index in [2.05, 4.69) is 13.0 Å². The highest BCUT2D eigenvalue weighted by Gasteiger charge is 2.06. The lowest BCUT2D eigenvalue weighted by molar-refractivity contribution is 0.414. The first-order valence-electron chi connectivity index (χ1n) is 5.75. The molecule has 0 saturated heterocycles. The molecule has 0 aliphatic carbocycles. The number of methoxy groups -OCH3 is 1. The van der Waals surface area contributed by atoms with Crippen molar-refractivity contribution in [1.82, 2.24) is 0 Å². The maximum Gasteiger partial charge on any atom is 0.119 e. The lowest BCUT2D eigenvalue weighted by Crippen LogP contribution is -2.13. The largest absolute Gasteiger partial charge is 0.497 e. The minimum atomic E-state index is 0.108. The van der Waals surface area contributed by atoms with E-state index in [1.807, 2.05) is 30.0 Å².